The van der Waals surface area contributed by atoms with Crippen molar-refractivity contribution in [2.24, 2.45) is 7.05 Å². The van der Waals surface area contributed by atoms with Gasteiger partial charge in [0.25, 0.3) is 0 Å². The molecule has 6 heteroatoms. The predicted molar refractivity (Wildman–Crippen MR) is 93.4 cm³/mol. The zero-order chi connectivity index (χ0) is 15.7. The lowest BCUT2D eigenvalue weighted by atomic mass is 10.1. The van der Waals surface area contributed by atoms with Gasteiger partial charge in [-0.1, -0.05) is 0 Å². The highest BCUT2D eigenvalue weighted by Crippen LogP contribution is 2.26. The Morgan fingerprint density at radius 2 is 2.14 bits per heavy atom. The van der Waals surface area contributed by atoms with Gasteiger partial charge in [0.15, 0.2) is 0 Å². The Morgan fingerprint density at radius 1 is 1.32 bits per heavy atom. The average molecular weight is 332 g/mol. The number of thiazole rings is 1. The Balaban J connectivity index is 1.67. The molecule has 3 aromatic rings. The first kappa shape index (κ1) is 15.4. The third kappa shape index (κ3) is 2.99. The van der Waals surface area contributed by atoms with Crippen LogP contribution in [-0.2, 0) is 13.6 Å². The Hall–Kier alpha value is -1.50. The fraction of sp³-hybridized carbons (Fsp3) is 0.375. The van der Waals surface area contributed by atoms with Crippen molar-refractivity contribution in [3.63, 3.8) is 0 Å². The van der Waals surface area contributed by atoms with Gasteiger partial charge in [-0.25, -0.2) is 4.98 Å². The van der Waals surface area contributed by atoms with E-state index >= 15 is 0 Å². The van der Waals surface area contributed by atoms with Gasteiger partial charge in [0.2, 0.25) is 0 Å². The number of thiophene rings is 1. The van der Waals surface area contributed by atoms with E-state index in [4.69, 9.17) is 4.98 Å². The van der Waals surface area contributed by atoms with Crippen LogP contribution in [0.2, 0.25) is 0 Å². The third-order valence-electron chi connectivity index (χ3n) is 3.91. The second-order valence-corrected chi connectivity index (χ2v) is 7.10. The molecule has 0 radical (unpaired) electrons. The van der Waals surface area contributed by atoms with Crippen LogP contribution >= 0.6 is 22.7 Å². The SMILES string of the molecule is Cc1nn(C)c(C)c1[C@@H](C)NCc1csc(-c2ccsc2)n1. The van der Waals surface area contributed by atoms with E-state index in [0.29, 0.717) is 0 Å². The molecule has 0 aliphatic rings. The molecule has 0 unspecified atom stereocenters. The zero-order valence-corrected chi connectivity index (χ0v) is 14.9. The van der Waals surface area contributed by atoms with Crippen molar-refractivity contribution >= 4 is 22.7 Å². The molecule has 0 aromatic carbocycles. The van der Waals surface area contributed by atoms with Gasteiger partial charge in [-0.15, -0.1) is 11.3 Å². The van der Waals surface area contributed by atoms with Gasteiger partial charge < -0.3 is 5.32 Å². The fourth-order valence-corrected chi connectivity index (χ4v) is 4.22. The van der Waals surface area contributed by atoms with Crippen molar-refractivity contribution in [3.8, 4) is 10.6 Å². The highest BCUT2D eigenvalue weighted by atomic mass is 32.1. The molecule has 0 spiro atoms. The number of nitrogens with zero attached hydrogens (tertiary/aromatic N) is 3. The predicted octanol–water partition coefficient (Wildman–Crippen LogP) is 4.07. The molecule has 0 fully saturated rings. The molecule has 3 heterocycles. The molecule has 1 atom stereocenters. The molecule has 1 N–H and O–H groups in total. The fourth-order valence-electron chi connectivity index (χ4n) is 2.68. The lowest BCUT2D eigenvalue weighted by molar-refractivity contribution is 0.563. The monoisotopic (exact) mass is 332 g/mol. The smallest absolute Gasteiger partial charge is 0.124 e. The van der Waals surface area contributed by atoms with E-state index in [2.05, 4.69) is 53.4 Å². The van der Waals surface area contributed by atoms with E-state index in [1.165, 1.54) is 16.8 Å². The van der Waals surface area contributed by atoms with Gasteiger partial charge in [0, 0.05) is 47.2 Å². The summed E-state index contributed by atoms with van der Waals surface area (Å²) in [6.45, 7) is 7.14. The van der Waals surface area contributed by atoms with Crippen LogP contribution in [0.1, 0.15) is 35.6 Å². The summed E-state index contributed by atoms with van der Waals surface area (Å²) in [5.41, 5.74) is 5.91. The minimum atomic E-state index is 0.264. The van der Waals surface area contributed by atoms with Crippen molar-refractivity contribution in [2.75, 3.05) is 0 Å². The van der Waals surface area contributed by atoms with Crippen LogP contribution in [0.15, 0.2) is 22.2 Å². The van der Waals surface area contributed by atoms with Crippen molar-refractivity contribution in [1.82, 2.24) is 20.1 Å². The second kappa shape index (κ2) is 6.32. The number of nitrogens with one attached hydrogen (secondary N) is 1. The minimum absolute atomic E-state index is 0.264. The number of aryl methyl sites for hydroxylation is 2. The Labute approximate surface area is 138 Å². The van der Waals surface area contributed by atoms with E-state index in [1.807, 2.05) is 11.7 Å². The third-order valence-corrected chi connectivity index (χ3v) is 5.53. The summed E-state index contributed by atoms with van der Waals surface area (Å²) in [5.74, 6) is 0. The first-order chi connectivity index (χ1) is 10.6. The molecule has 0 aliphatic heterocycles. The average Bonchev–Trinajstić information content (AvgIpc) is 3.19. The molecule has 0 saturated heterocycles. The summed E-state index contributed by atoms with van der Waals surface area (Å²) in [4.78, 5) is 4.71. The van der Waals surface area contributed by atoms with Crippen LogP contribution in [0.25, 0.3) is 10.6 Å². The topological polar surface area (TPSA) is 42.7 Å². The maximum absolute atomic E-state index is 4.71. The van der Waals surface area contributed by atoms with Crippen LogP contribution in [0.4, 0.5) is 0 Å². The van der Waals surface area contributed by atoms with Gasteiger partial charge in [0.05, 0.1) is 11.4 Å². The Bertz CT molecular complexity index is 755. The molecule has 116 valence electrons. The molecule has 22 heavy (non-hydrogen) atoms. The molecule has 0 bridgehead atoms. The number of hydrogen-bond acceptors (Lipinski definition) is 5. The molecule has 0 aliphatic carbocycles. The van der Waals surface area contributed by atoms with Crippen LogP contribution in [0.5, 0.6) is 0 Å². The van der Waals surface area contributed by atoms with Crippen molar-refractivity contribution in [1.29, 1.82) is 0 Å². The van der Waals surface area contributed by atoms with Gasteiger partial charge in [-0.05, 0) is 32.2 Å². The lowest BCUT2D eigenvalue weighted by Crippen LogP contribution is -2.19. The summed E-state index contributed by atoms with van der Waals surface area (Å²) in [7, 11) is 1.99. The first-order valence-electron chi connectivity index (χ1n) is 7.26. The van der Waals surface area contributed by atoms with Crippen LogP contribution in [0, 0.1) is 13.8 Å². The number of rotatable bonds is 5. The number of aromatic nitrogens is 3. The van der Waals surface area contributed by atoms with E-state index in [9.17, 15) is 0 Å². The van der Waals surface area contributed by atoms with Crippen molar-refractivity contribution < 1.29 is 0 Å². The van der Waals surface area contributed by atoms with Crippen LogP contribution in [0.3, 0.4) is 0 Å². The maximum Gasteiger partial charge on any atom is 0.124 e. The summed E-state index contributed by atoms with van der Waals surface area (Å²) in [6.07, 6.45) is 0. The minimum Gasteiger partial charge on any atom is -0.304 e. The summed E-state index contributed by atoms with van der Waals surface area (Å²) in [5, 5.41) is 15.5. The standard InChI is InChI=1S/C16H20N4S2/c1-10(15-11(2)19-20(4)12(15)3)17-7-14-9-22-16(18-14)13-5-6-21-8-13/h5-6,8-10,17H,7H2,1-4H3/t10-/m1/s1. The lowest BCUT2D eigenvalue weighted by Gasteiger charge is -2.13. The highest BCUT2D eigenvalue weighted by molar-refractivity contribution is 7.14. The quantitative estimate of drug-likeness (QED) is 0.766. The Morgan fingerprint density at radius 3 is 2.77 bits per heavy atom. The molecular weight excluding hydrogens is 312 g/mol. The van der Waals surface area contributed by atoms with E-state index in [-0.39, 0.29) is 6.04 Å². The van der Waals surface area contributed by atoms with Gasteiger partial charge in [-0.2, -0.15) is 16.4 Å². The van der Waals surface area contributed by atoms with E-state index in [0.717, 1.165) is 22.9 Å². The molecule has 3 aromatic heterocycles. The summed E-state index contributed by atoms with van der Waals surface area (Å²) in [6, 6.07) is 2.38. The van der Waals surface area contributed by atoms with Gasteiger partial charge in [0.1, 0.15) is 5.01 Å². The normalized spacial score (nSPS) is 12.7. The van der Waals surface area contributed by atoms with E-state index < -0.39 is 0 Å². The molecule has 4 nitrogen and oxygen atoms in total. The van der Waals surface area contributed by atoms with Crippen LogP contribution in [-0.4, -0.2) is 14.8 Å². The second-order valence-electron chi connectivity index (χ2n) is 5.47. The Kier molecular flexibility index (Phi) is 4.42. The van der Waals surface area contributed by atoms with Crippen molar-refractivity contribution in [2.45, 2.75) is 33.4 Å². The van der Waals surface area contributed by atoms with Crippen molar-refractivity contribution in [3.05, 3.63) is 44.9 Å². The molecule has 0 amide bonds. The maximum atomic E-state index is 4.71. The number of hydrogen-bond donors (Lipinski definition) is 1. The first-order valence-corrected chi connectivity index (χ1v) is 9.09. The molecule has 3 rings (SSSR count). The summed E-state index contributed by atoms with van der Waals surface area (Å²) < 4.78 is 1.94. The highest BCUT2D eigenvalue weighted by Gasteiger charge is 2.16. The molecular formula is C16H20N4S2. The summed E-state index contributed by atoms with van der Waals surface area (Å²) >= 11 is 3.41. The largest absolute Gasteiger partial charge is 0.304 e. The van der Waals surface area contributed by atoms with Crippen LogP contribution < -0.4 is 5.32 Å². The van der Waals surface area contributed by atoms with Gasteiger partial charge >= 0.3 is 0 Å². The molecule has 0 saturated carbocycles. The zero-order valence-electron chi connectivity index (χ0n) is 13.3. The van der Waals surface area contributed by atoms with Gasteiger partial charge in [-0.3, -0.25) is 4.68 Å². The van der Waals surface area contributed by atoms with E-state index in [1.54, 1.807) is 22.7 Å².